The summed E-state index contributed by atoms with van der Waals surface area (Å²) in [7, 11) is -4.52. The summed E-state index contributed by atoms with van der Waals surface area (Å²) in [5.41, 5.74) is 5.28. The van der Waals surface area contributed by atoms with Gasteiger partial charge in [0.15, 0.2) is 6.04 Å². The van der Waals surface area contributed by atoms with Gasteiger partial charge in [-0.2, -0.15) is 13.5 Å². The number of nitrogens with zero attached hydrogens (tertiary/aromatic N) is 1. The lowest BCUT2D eigenvalue weighted by Crippen LogP contribution is -2.57. The van der Waals surface area contributed by atoms with Crippen LogP contribution < -0.4 is 15.2 Å². The largest absolute Gasteiger partial charge is 0.490 e. The number of hydrogen-bond donors (Lipinski definition) is 2. The van der Waals surface area contributed by atoms with Crippen LogP contribution in [0.3, 0.4) is 0 Å². The molecular weight excluding hydrogens is 616 g/mol. The Morgan fingerprint density at radius 2 is 1.63 bits per heavy atom. The number of piperidine rings is 1. The maximum absolute atomic E-state index is 16.0. The molecule has 3 N–H and O–H groups in total. The highest BCUT2D eigenvalue weighted by molar-refractivity contribution is 9.10. The number of fused-ring (bicyclic) bond motifs is 1. The van der Waals surface area contributed by atoms with Crippen molar-refractivity contribution in [3.8, 4) is 5.75 Å². The van der Waals surface area contributed by atoms with Crippen molar-refractivity contribution in [3.05, 3.63) is 70.7 Å². The first-order chi connectivity index (χ1) is 19.6. The van der Waals surface area contributed by atoms with Crippen molar-refractivity contribution in [1.29, 1.82) is 0 Å². The zero-order chi connectivity index (χ0) is 29.2. The van der Waals surface area contributed by atoms with Crippen LogP contribution in [0.1, 0.15) is 44.1 Å². The molecule has 2 fully saturated rings. The molecule has 2 aliphatic rings. The number of rotatable bonds is 9. The Morgan fingerprint density at radius 1 is 1.00 bits per heavy atom. The Kier molecular flexibility index (Phi) is 8.98. The summed E-state index contributed by atoms with van der Waals surface area (Å²) in [6.07, 6.45) is 5.63. The number of sulfonamides is 1. The van der Waals surface area contributed by atoms with Crippen LogP contribution in [0.2, 0.25) is 0 Å². The fraction of sp³-hybridized carbons (Fsp3) is 0.433. The Labute approximate surface area is 247 Å². The molecule has 11 heteroatoms. The van der Waals surface area contributed by atoms with Gasteiger partial charge in [-0.1, -0.05) is 40.2 Å². The van der Waals surface area contributed by atoms with Crippen molar-refractivity contribution in [2.75, 3.05) is 19.6 Å². The van der Waals surface area contributed by atoms with E-state index in [1.807, 2.05) is 6.07 Å². The molecule has 0 radical (unpaired) electrons. The van der Waals surface area contributed by atoms with E-state index in [2.05, 4.69) is 20.7 Å². The zero-order valence-electron chi connectivity index (χ0n) is 22.6. The predicted octanol–water partition coefficient (Wildman–Crippen LogP) is 5.56. The third-order valence-corrected chi connectivity index (χ3v) is 10.0. The smallest absolute Gasteiger partial charge is 0.298 e. The van der Waals surface area contributed by atoms with Gasteiger partial charge in [-0.15, -0.1) is 0 Å². The third-order valence-electron chi connectivity index (χ3n) is 8.07. The van der Waals surface area contributed by atoms with Gasteiger partial charge in [-0.25, -0.2) is 8.42 Å². The lowest BCUT2D eigenvalue weighted by atomic mass is 9.95. The van der Waals surface area contributed by atoms with Crippen molar-refractivity contribution in [1.82, 2.24) is 9.62 Å². The summed E-state index contributed by atoms with van der Waals surface area (Å²) < 4.78 is 67.8. The Morgan fingerprint density at radius 3 is 2.29 bits per heavy atom. The van der Waals surface area contributed by atoms with E-state index in [4.69, 9.17) is 10.5 Å². The molecule has 1 aliphatic heterocycles. The molecule has 220 valence electrons. The molecule has 0 aromatic heterocycles. The van der Waals surface area contributed by atoms with Gasteiger partial charge in [-0.05, 0) is 98.2 Å². The van der Waals surface area contributed by atoms with Gasteiger partial charge in [0, 0.05) is 23.1 Å². The van der Waals surface area contributed by atoms with E-state index in [9.17, 15) is 13.2 Å². The molecule has 0 bridgehead atoms. The summed E-state index contributed by atoms with van der Waals surface area (Å²) in [4.78, 5) is 14.6. The van der Waals surface area contributed by atoms with E-state index in [-0.39, 0.29) is 30.0 Å². The van der Waals surface area contributed by atoms with E-state index in [0.717, 1.165) is 31.1 Å². The second kappa shape index (κ2) is 12.3. The van der Waals surface area contributed by atoms with Crippen LogP contribution in [0.15, 0.2) is 70.0 Å². The van der Waals surface area contributed by atoms with Crippen LogP contribution in [0.4, 0.5) is 8.78 Å². The van der Waals surface area contributed by atoms with Gasteiger partial charge in [0.1, 0.15) is 5.75 Å². The lowest BCUT2D eigenvalue weighted by Gasteiger charge is -2.36. The van der Waals surface area contributed by atoms with Crippen molar-refractivity contribution in [2.45, 2.75) is 61.5 Å². The van der Waals surface area contributed by atoms with Crippen molar-refractivity contribution in [2.24, 2.45) is 11.7 Å². The standard InChI is InChI=1S/C30H34BrF2N3O4S/c31-24-9-7-23(8-10-24)30(32,33)28(29(37)36-15-13-20(19-34)14-16-36)35-41(38,39)27-12-6-21-17-26(11-5-22(21)18-27)40-25-3-1-2-4-25/h5-12,17-18,20,25,28,35H,1-4,13-16,19,34H2. The van der Waals surface area contributed by atoms with Gasteiger partial charge in [0.05, 0.1) is 11.0 Å². The molecule has 41 heavy (non-hydrogen) atoms. The van der Waals surface area contributed by atoms with Crippen LogP contribution in [-0.4, -0.2) is 51.0 Å². The number of alkyl halides is 2. The van der Waals surface area contributed by atoms with Crippen LogP contribution in [0.5, 0.6) is 5.75 Å². The zero-order valence-corrected chi connectivity index (χ0v) is 25.0. The highest BCUT2D eigenvalue weighted by Crippen LogP contribution is 2.35. The van der Waals surface area contributed by atoms with Gasteiger partial charge < -0.3 is 15.4 Å². The van der Waals surface area contributed by atoms with Gasteiger partial charge in [0.25, 0.3) is 5.92 Å². The molecule has 1 saturated heterocycles. The topological polar surface area (TPSA) is 102 Å². The minimum atomic E-state index is -4.52. The Bertz CT molecular complexity index is 1490. The van der Waals surface area contributed by atoms with E-state index in [1.165, 1.54) is 41.3 Å². The number of ether oxygens (including phenoxy) is 1. The first-order valence-electron chi connectivity index (χ1n) is 13.9. The summed E-state index contributed by atoms with van der Waals surface area (Å²) in [6.45, 7) is 0.913. The number of halogens is 3. The molecule has 3 aromatic rings. The highest BCUT2D eigenvalue weighted by atomic mass is 79.9. The first-order valence-corrected chi connectivity index (χ1v) is 16.2. The Hall–Kier alpha value is -2.60. The predicted molar refractivity (Wildman–Crippen MR) is 157 cm³/mol. The molecule has 7 nitrogen and oxygen atoms in total. The van der Waals surface area contributed by atoms with Crippen LogP contribution in [0, 0.1) is 5.92 Å². The molecule has 3 aromatic carbocycles. The maximum atomic E-state index is 16.0. The highest BCUT2D eigenvalue weighted by Gasteiger charge is 2.50. The number of nitrogens with two attached hydrogens (primary N) is 1. The molecule has 1 saturated carbocycles. The van der Waals surface area contributed by atoms with Crippen LogP contribution in [0.25, 0.3) is 10.8 Å². The van der Waals surface area contributed by atoms with Crippen LogP contribution in [-0.2, 0) is 20.7 Å². The third kappa shape index (κ3) is 6.74. The minimum Gasteiger partial charge on any atom is -0.490 e. The van der Waals surface area contributed by atoms with Gasteiger partial charge in [0.2, 0.25) is 15.9 Å². The number of nitrogens with one attached hydrogen (secondary N) is 1. The van der Waals surface area contributed by atoms with Crippen molar-refractivity contribution < 1.29 is 26.7 Å². The molecule has 1 atom stereocenters. The summed E-state index contributed by atoms with van der Waals surface area (Å²) in [5, 5.41) is 1.37. The SMILES string of the molecule is NCC1CCN(C(=O)C(NS(=O)(=O)c2ccc3cc(OC4CCCC4)ccc3c2)C(F)(F)c2ccc(Br)cc2)CC1. The maximum Gasteiger partial charge on any atom is 0.298 e. The summed E-state index contributed by atoms with van der Waals surface area (Å²) in [6, 6.07) is 12.7. The average molecular weight is 651 g/mol. The minimum absolute atomic E-state index is 0.180. The lowest BCUT2D eigenvalue weighted by molar-refractivity contribution is -0.145. The summed E-state index contributed by atoms with van der Waals surface area (Å²) >= 11 is 3.23. The molecular formula is C30H34BrF2N3O4S. The van der Waals surface area contributed by atoms with E-state index in [1.54, 1.807) is 18.2 Å². The van der Waals surface area contributed by atoms with Gasteiger partial charge >= 0.3 is 0 Å². The number of carbonyl (C=O) groups excluding carboxylic acids is 1. The molecule has 1 aliphatic carbocycles. The van der Waals surface area contributed by atoms with Crippen molar-refractivity contribution in [3.63, 3.8) is 0 Å². The molecule has 1 amide bonds. The second-order valence-electron chi connectivity index (χ2n) is 10.9. The first kappa shape index (κ1) is 29.9. The summed E-state index contributed by atoms with van der Waals surface area (Å²) in [5.74, 6) is -3.88. The molecule has 1 heterocycles. The van der Waals surface area contributed by atoms with Crippen molar-refractivity contribution >= 4 is 42.6 Å². The van der Waals surface area contributed by atoms with E-state index >= 15 is 8.78 Å². The van der Waals surface area contributed by atoms with E-state index in [0.29, 0.717) is 35.0 Å². The average Bonchev–Trinajstić information content (AvgIpc) is 3.48. The number of hydrogen-bond acceptors (Lipinski definition) is 5. The van der Waals surface area contributed by atoms with E-state index < -0.39 is 33.5 Å². The molecule has 5 rings (SSSR count). The second-order valence-corrected chi connectivity index (χ2v) is 13.5. The Balaban J connectivity index is 1.43. The molecule has 1 unspecified atom stereocenters. The fourth-order valence-electron chi connectivity index (χ4n) is 5.55. The fourth-order valence-corrected chi connectivity index (χ4v) is 7.04. The number of carbonyl (C=O) groups is 1. The quantitative estimate of drug-likeness (QED) is 0.316. The number of benzene rings is 3. The van der Waals surface area contributed by atoms with Crippen LogP contribution >= 0.6 is 15.9 Å². The monoisotopic (exact) mass is 649 g/mol. The normalized spacial score (nSPS) is 18.1. The van der Waals surface area contributed by atoms with Gasteiger partial charge in [-0.3, -0.25) is 4.79 Å². The molecule has 0 spiro atoms. The number of likely N-dealkylation sites (tertiary alicyclic amines) is 1. The number of amides is 1.